The van der Waals surface area contributed by atoms with Crippen LogP contribution in [0.25, 0.3) is 22.2 Å². The van der Waals surface area contributed by atoms with Crippen LogP contribution in [0.2, 0.25) is 0 Å². The molecule has 5 nitrogen and oxygen atoms in total. The molecule has 150 valence electrons. The summed E-state index contributed by atoms with van der Waals surface area (Å²) in [5.74, 6) is -1.84. The summed E-state index contributed by atoms with van der Waals surface area (Å²) in [4.78, 5) is 16.6. The number of carboxylic acids is 1. The van der Waals surface area contributed by atoms with Gasteiger partial charge < -0.3 is 16.2 Å². The summed E-state index contributed by atoms with van der Waals surface area (Å²) < 4.78 is 13.9. The Morgan fingerprint density at radius 1 is 1.21 bits per heavy atom. The van der Waals surface area contributed by atoms with Crippen LogP contribution in [-0.2, 0) is 10.2 Å². The van der Waals surface area contributed by atoms with Crippen LogP contribution in [0, 0.1) is 5.82 Å². The zero-order chi connectivity index (χ0) is 20.9. The van der Waals surface area contributed by atoms with Crippen molar-refractivity contribution in [3.8, 4) is 11.3 Å². The van der Waals surface area contributed by atoms with E-state index in [1.807, 2.05) is 12.1 Å². The van der Waals surface area contributed by atoms with Crippen LogP contribution >= 0.6 is 0 Å². The number of halogens is 1. The number of nitrogens with one attached hydrogen (secondary N) is 1. The Morgan fingerprint density at radius 2 is 1.90 bits per heavy atom. The van der Waals surface area contributed by atoms with Crippen molar-refractivity contribution in [1.29, 1.82) is 0 Å². The number of aliphatic carboxylic acids is 1. The van der Waals surface area contributed by atoms with Crippen LogP contribution in [0.1, 0.15) is 37.8 Å². The van der Waals surface area contributed by atoms with Gasteiger partial charge in [-0.1, -0.05) is 45.0 Å². The predicted molar refractivity (Wildman–Crippen MR) is 113 cm³/mol. The molecule has 0 aliphatic carbocycles. The van der Waals surface area contributed by atoms with E-state index in [2.05, 4.69) is 38.2 Å². The number of nitrogens with zero attached hydrogens (tertiary/aromatic N) is 1. The maximum atomic E-state index is 13.9. The summed E-state index contributed by atoms with van der Waals surface area (Å²) in [5.41, 5.74) is 10.7. The van der Waals surface area contributed by atoms with Gasteiger partial charge in [0.05, 0.1) is 16.9 Å². The van der Waals surface area contributed by atoms with Gasteiger partial charge in [0, 0.05) is 29.0 Å². The van der Waals surface area contributed by atoms with E-state index in [-0.39, 0.29) is 12.0 Å². The number of hydrogen-bond donors (Lipinski definition) is 3. The summed E-state index contributed by atoms with van der Waals surface area (Å²) in [6.45, 7) is 6.59. The zero-order valence-corrected chi connectivity index (χ0v) is 16.7. The van der Waals surface area contributed by atoms with Crippen molar-refractivity contribution in [1.82, 2.24) is 4.98 Å². The molecule has 0 saturated carbocycles. The molecular weight excluding hydrogens is 369 g/mol. The highest BCUT2D eigenvalue weighted by Crippen LogP contribution is 2.45. The molecule has 2 aromatic carbocycles. The van der Waals surface area contributed by atoms with Crippen molar-refractivity contribution in [3.05, 3.63) is 59.4 Å². The van der Waals surface area contributed by atoms with Crippen LogP contribution in [0.15, 0.2) is 42.5 Å². The maximum Gasteiger partial charge on any atom is 0.326 e. The van der Waals surface area contributed by atoms with Crippen molar-refractivity contribution in [2.75, 3.05) is 11.9 Å². The van der Waals surface area contributed by atoms with E-state index >= 15 is 0 Å². The second-order valence-electron chi connectivity index (χ2n) is 8.54. The van der Waals surface area contributed by atoms with Crippen molar-refractivity contribution in [3.63, 3.8) is 0 Å². The average molecular weight is 393 g/mol. The molecule has 0 amide bonds. The molecule has 2 unspecified atom stereocenters. The number of fused-ring (bicyclic) bond motifs is 3. The Morgan fingerprint density at radius 3 is 2.48 bits per heavy atom. The molecule has 4 N–H and O–H groups in total. The van der Waals surface area contributed by atoms with E-state index in [1.165, 1.54) is 17.7 Å². The zero-order valence-electron chi connectivity index (χ0n) is 16.7. The van der Waals surface area contributed by atoms with Crippen LogP contribution < -0.4 is 11.1 Å². The van der Waals surface area contributed by atoms with Gasteiger partial charge in [0.25, 0.3) is 0 Å². The Kier molecular flexibility index (Phi) is 4.54. The van der Waals surface area contributed by atoms with Gasteiger partial charge in [-0.05, 0) is 29.2 Å². The minimum Gasteiger partial charge on any atom is -0.480 e. The summed E-state index contributed by atoms with van der Waals surface area (Å²) in [5, 5.41) is 13.3. The normalized spacial score (nSPS) is 18.5. The van der Waals surface area contributed by atoms with Crippen LogP contribution in [0.3, 0.4) is 0 Å². The molecule has 1 aliphatic rings. The van der Waals surface area contributed by atoms with E-state index in [4.69, 9.17) is 10.7 Å². The third kappa shape index (κ3) is 3.23. The van der Waals surface area contributed by atoms with Crippen molar-refractivity contribution < 1.29 is 14.3 Å². The van der Waals surface area contributed by atoms with Crippen LogP contribution in [0.5, 0.6) is 0 Å². The Hall–Kier alpha value is -2.99. The molecule has 0 bridgehead atoms. The number of carbonyl (C=O) groups is 1. The molecule has 2 atom stereocenters. The van der Waals surface area contributed by atoms with Crippen molar-refractivity contribution in [2.24, 2.45) is 5.73 Å². The molecule has 29 heavy (non-hydrogen) atoms. The summed E-state index contributed by atoms with van der Waals surface area (Å²) in [6, 6.07) is 11.6. The first-order chi connectivity index (χ1) is 13.7. The second-order valence-corrected chi connectivity index (χ2v) is 8.54. The molecule has 1 aliphatic heterocycles. The lowest BCUT2D eigenvalue weighted by molar-refractivity contribution is -0.138. The number of pyridine rings is 1. The minimum atomic E-state index is -0.991. The highest BCUT2D eigenvalue weighted by atomic mass is 19.1. The highest BCUT2D eigenvalue weighted by molar-refractivity contribution is 6.01. The molecule has 0 spiro atoms. The summed E-state index contributed by atoms with van der Waals surface area (Å²) >= 11 is 0. The van der Waals surface area contributed by atoms with Crippen molar-refractivity contribution in [2.45, 2.75) is 38.1 Å². The fourth-order valence-electron chi connectivity index (χ4n) is 4.03. The van der Waals surface area contributed by atoms with Gasteiger partial charge in [-0.2, -0.15) is 0 Å². The molecule has 0 saturated heterocycles. The fourth-order valence-corrected chi connectivity index (χ4v) is 4.03. The third-order valence-electron chi connectivity index (χ3n) is 5.60. The number of nitrogens with two attached hydrogens (primary N) is 1. The topological polar surface area (TPSA) is 88.2 Å². The Bertz CT molecular complexity index is 1100. The summed E-state index contributed by atoms with van der Waals surface area (Å²) in [6.07, 6.45) is 0. The van der Waals surface area contributed by atoms with Gasteiger partial charge in [-0.15, -0.1) is 0 Å². The standard InChI is InChI=1S/C23H24FN3O2/c1-23(2,3)13-6-4-12(5-7-13)19-18-16(11-25)21(22(28)29)27-20(18)15-10-14(24)8-9-17(15)26-19/h4-10,16,21,27H,11,25H2,1-3H3,(H,28,29). The molecule has 2 heterocycles. The smallest absolute Gasteiger partial charge is 0.326 e. The SMILES string of the molecule is CC(C)(C)c1ccc(-c2nc3ccc(F)cc3c3c2C(CN)C(C(=O)O)N3)cc1. The molecule has 4 rings (SSSR count). The monoisotopic (exact) mass is 393 g/mol. The molecule has 6 heteroatoms. The Balaban J connectivity index is 1.97. The first kappa shape index (κ1) is 19.3. The fraction of sp³-hybridized carbons (Fsp3) is 0.304. The number of hydrogen-bond acceptors (Lipinski definition) is 4. The summed E-state index contributed by atoms with van der Waals surface area (Å²) in [7, 11) is 0. The molecule has 0 radical (unpaired) electrons. The number of rotatable bonds is 3. The van der Waals surface area contributed by atoms with Gasteiger partial charge in [0.2, 0.25) is 0 Å². The largest absolute Gasteiger partial charge is 0.480 e. The highest BCUT2D eigenvalue weighted by Gasteiger charge is 2.40. The number of benzene rings is 2. The van der Waals surface area contributed by atoms with Crippen LogP contribution in [-0.4, -0.2) is 28.6 Å². The van der Waals surface area contributed by atoms with E-state index < -0.39 is 23.7 Å². The van der Waals surface area contributed by atoms with Crippen molar-refractivity contribution >= 4 is 22.6 Å². The number of carboxylic acid groups (broad SMARTS) is 1. The van der Waals surface area contributed by atoms with Gasteiger partial charge in [0.1, 0.15) is 11.9 Å². The average Bonchev–Trinajstić information content (AvgIpc) is 3.07. The lowest BCUT2D eigenvalue weighted by Crippen LogP contribution is -2.34. The van der Waals surface area contributed by atoms with Gasteiger partial charge in [0.15, 0.2) is 0 Å². The Labute approximate surface area is 168 Å². The maximum absolute atomic E-state index is 13.9. The van der Waals surface area contributed by atoms with E-state index in [9.17, 15) is 14.3 Å². The molecule has 3 aromatic rings. The molecular formula is C23H24FN3O2. The van der Waals surface area contributed by atoms with Gasteiger partial charge in [-0.25, -0.2) is 14.2 Å². The first-order valence-corrected chi connectivity index (χ1v) is 9.64. The third-order valence-corrected chi connectivity index (χ3v) is 5.60. The molecule has 0 fully saturated rings. The first-order valence-electron chi connectivity index (χ1n) is 9.64. The van der Waals surface area contributed by atoms with Gasteiger partial charge >= 0.3 is 5.97 Å². The lowest BCUT2D eigenvalue weighted by Gasteiger charge is -2.20. The van der Waals surface area contributed by atoms with E-state index in [0.29, 0.717) is 22.3 Å². The number of anilines is 1. The second kappa shape index (κ2) is 6.81. The van der Waals surface area contributed by atoms with Crippen LogP contribution in [0.4, 0.5) is 10.1 Å². The molecule has 1 aromatic heterocycles. The predicted octanol–water partition coefficient (Wildman–Crippen LogP) is 4.26. The minimum absolute atomic E-state index is 0.0184. The van der Waals surface area contributed by atoms with E-state index in [0.717, 1.165) is 11.1 Å². The number of aromatic nitrogens is 1. The van der Waals surface area contributed by atoms with E-state index in [1.54, 1.807) is 6.07 Å². The van der Waals surface area contributed by atoms with Gasteiger partial charge in [-0.3, -0.25) is 0 Å². The lowest BCUT2D eigenvalue weighted by atomic mass is 9.85. The quantitative estimate of drug-likeness (QED) is 0.619.